The van der Waals surface area contributed by atoms with Crippen molar-refractivity contribution in [3.05, 3.63) is 69.8 Å². The maximum absolute atomic E-state index is 11.1. The second kappa shape index (κ2) is 4.72. The van der Waals surface area contributed by atoms with E-state index in [1.807, 2.05) is 12.3 Å². The zero-order valence-corrected chi connectivity index (χ0v) is 13.2. The number of rotatable bonds is 1. The molecular formula is C18H16BrNO. The second-order valence-electron chi connectivity index (χ2n) is 5.90. The zero-order valence-electron chi connectivity index (χ0n) is 11.6. The van der Waals surface area contributed by atoms with E-state index in [2.05, 4.69) is 57.3 Å². The summed E-state index contributed by atoms with van der Waals surface area (Å²) in [5, 5.41) is 12.3. The molecule has 2 nitrogen and oxygen atoms in total. The lowest BCUT2D eigenvalue weighted by molar-refractivity contribution is 0.0224. The topological polar surface area (TPSA) is 36.0 Å². The van der Waals surface area contributed by atoms with E-state index < -0.39 is 5.60 Å². The van der Waals surface area contributed by atoms with Crippen LogP contribution < -0.4 is 0 Å². The Hall–Kier alpha value is -1.58. The predicted octanol–water partition coefficient (Wildman–Crippen LogP) is 4.31. The average Bonchev–Trinajstić information content (AvgIpc) is 2.95. The van der Waals surface area contributed by atoms with Gasteiger partial charge in [0.1, 0.15) is 0 Å². The van der Waals surface area contributed by atoms with Gasteiger partial charge in [-0.25, -0.2) is 0 Å². The van der Waals surface area contributed by atoms with E-state index in [1.54, 1.807) is 0 Å². The summed E-state index contributed by atoms with van der Waals surface area (Å²) in [5.74, 6) is 0. The van der Waals surface area contributed by atoms with Crippen molar-refractivity contribution < 1.29 is 5.11 Å². The highest BCUT2D eigenvalue weighted by Gasteiger charge is 2.34. The molecule has 21 heavy (non-hydrogen) atoms. The molecule has 0 saturated carbocycles. The van der Waals surface area contributed by atoms with Crippen molar-refractivity contribution in [1.82, 2.24) is 4.98 Å². The van der Waals surface area contributed by atoms with Crippen molar-refractivity contribution >= 4 is 26.8 Å². The summed E-state index contributed by atoms with van der Waals surface area (Å²) in [4.78, 5) is 3.20. The fourth-order valence-corrected chi connectivity index (χ4v) is 3.74. The van der Waals surface area contributed by atoms with Gasteiger partial charge in [0.05, 0.1) is 5.60 Å². The molecule has 1 heterocycles. The fraction of sp³-hybridized carbons (Fsp3) is 0.222. The number of aromatic nitrogens is 1. The number of aliphatic hydroxyl groups is 1. The van der Waals surface area contributed by atoms with E-state index in [0.717, 1.165) is 33.8 Å². The molecule has 0 fully saturated rings. The summed E-state index contributed by atoms with van der Waals surface area (Å²) < 4.78 is 1.11. The largest absolute Gasteiger partial charge is 0.385 e. The molecule has 1 atom stereocenters. The Kier molecular flexibility index (Phi) is 2.95. The van der Waals surface area contributed by atoms with Crippen molar-refractivity contribution in [2.45, 2.75) is 24.9 Å². The Balaban J connectivity index is 1.75. The SMILES string of the molecule is OC1(c2ccc3[nH]ccc3c2)CCc2cc(Br)ccc2C1. The van der Waals surface area contributed by atoms with E-state index in [-0.39, 0.29) is 0 Å². The summed E-state index contributed by atoms with van der Waals surface area (Å²) in [6.07, 6.45) is 4.31. The first kappa shape index (κ1) is 13.1. The highest BCUT2D eigenvalue weighted by Crippen LogP contribution is 2.38. The quantitative estimate of drug-likeness (QED) is 0.679. The molecule has 0 saturated heterocycles. The van der Waals surface area contributed by atoms with Crippen LogP contribution in [0.15, 0.2) is 53.1 Å². The van der Waals surface area contributed by atoms with Gasteiger partial charge in [0, 0.05) is 22.6 Å². The number of halogens is 1. The maximum atomic E-state index is 11.1. The number of nitrogens with one attached hydrogen (secondary N) is 1. The monoisotopic (exact) mass is 341 g/mol. The molecule has 0 aliphatic heterocycles. The average molecular weight is 342 g/mol. The molecule has 0 radical (unpaired) electrons. The number of H-pyrrole nitrogens is 1. The molecule has 1 aliphatic rings. The Bertz CT molecular complexity index is 823. The predicted molar refractivity (Wildman–Crippen MR) is 88.4 cm³/mol. The summed E-state index contributed by atoms with van der Waals surface area (Å²) in [7, 11) is 0. The van der Waals surface area contributed by atoms with Gasteiger partial charge in [-0.1, -0.05) is 28.1 Å². The number of aromatic amines is 1. The van der Waals surface area contributed by atoms with E-state index in [4.69, 9.17) is 0 Å². The Morgan fingerprint density at radius 3 is 2.86 bits per heavy atom. The van der Waals surface area contributed by atoms with Crippen LogP contribution in [0.4, 0.5) is 0 Å². The third kappa shape index (κ3) is 2.21. The van der Waals surface area contributed by atoms with Crippen LogP contribution in [-0.2, 0) is 18.4 Å². The molecule has 106 valence electrons. The first-order valence-electron chi connectivity index (χ1n) is 7.21. The third-order valence-electron chi connectivity index (χ3n) is 4.55. The van der Waals surface area contributed by atoms with Crippen LogP contribution in [-0.4, -0.2) is 10.1 Å². The van der Waals surface area contributed by atoms with Gasteiger partial charge in [0.25, 0.3) is 0 Å². The lowest BCUT2D eigenvalue weighted by Gasteiger charge is -2.34. The lowest BCUT2D eigenvalue weighted by atomic mass is 9.76. The second-order valence-corrected chi connectivity index (χ2v) is 6.82. The molecule has 0 bridgehead atoms. The van der Waals surface area contributed by atoms with Crippen molar-refractivity contribution in [3.63, 3.8) is 0 Å². The van der Waals surface area contributed by atoms with Gasteiger partial charge in [-0.2, -0.15) is 0 Å². The van der Waals surface area contributed by atoms with Crippen LogP contribution in [0.1, 0.15) is 23.1 Å². The number of fused-ring (bicyclic) bond motifs is 2. The molecular weight excluding hydrogens is 326 g/mol. The Morgan fingerprint density at radius 2 is 1.95 bits per heavy atom. The van der Waals surface area contributed by atoms with E-state index in [9.17, 15) is 5.11 Å². The van der Waals surface area contributed by atoms with Crippen molar-refractivity contribution in [1.29, 1.82) is 0 Å². The number of hydrogen-bond donors (Lipinski definition) is 2. The van der Waals surface area contributed by atoms with Gasteiger partial charge < -0.3 is 10.1 Å². The van der Waals surface area contributed by atoms with Crippen LogP contribution in [0.2, 0.25) is 0 Å². The molecule has 0 amide bonds. The first-order valence-corrected chi connectivity index (χ1v) is 8.01. The van der Waals surface area contributed by atoms with Gasteiger partial charge in [-0.05, 0) is 65.3 Å². The van der Waals surface area contributed by atoms with Crippen LogP contribution >= 0.6 is 15.9 Å². The molecule has 0 spiro atoms. The minimum atomic E-state index is -0.758. The minimum absolute atomic E-state index is 0.686. The normalized spacial score (nSPS) is 21.4. The van der Waals surface area contributed by atoms with E-state index in [0.29, 0.717) is 6.42 Å². The molecule has 1 unspecified atom stereocenters. The van der Waals surface area contributed by atoms with Crippen LogP contribution in [0, 0.1) is 0 Å². The summed E-state index contributed by atoms with van der Waals surface area (Å²) in [6, 6.07) is 14.6. The number of aryl methyl sites for hydroxylation is 1. The fourth-order valence-electron chi connectivity index (χ4n) is 3.33. The Labute approximate surface area is 131 Å². The molecule has 1 aliphatic carbocycles. The standard InChI is InChI=1S/C18H16BrNO/c19-16-3-1-14-11-18(21,7-5-12(14)10-16)15-2-4-17-13(9-15)6-8-20-17/h1-4,6,8-10,20-21H,5,7,11H2. The summed E-state index contributed by atoms with van der Waals surface area (Å²) in [6.45, 7) is 0. The van der Waals surface area contributed by atoms with Crippen LogP contribution in [0.5, 0.6) is 0 Å². The van der Waals surface area contributed by atoms with E-state index in [1.165, 1.54) is 11.1 Å². The third-order valence-corrected chi connectivity index (χ3v) is 5.04. The van der Waals surface area contributed by atoms with Crippen molar-refractivity contribution in [2.75, 3.05) is 0 Å². The maximum Gasteiger partial charge on any atom is 0.0940 e. The summed E-state index contributed by atoms with van der Waals surface area (Å²) in [5.41, 5.74) is 3.97. The van der Waals surface area contributed by atoms with E-state index >= 15 is 0 Å². The van der Waals surface area contributed by atoms with Gasteiger partial charge in [0.2, 0.25) is 0 Å². The van der Waals surface area contributed by atoms with Crippen molar-refractivity contribution in [3.8, 4) is 0 Å². The van der Waals surface area contributed by atoms with Gasteiger partial charge in [-0.3, -0.25) is 0 Å². The minimum Gasteiger partial charge on any atom is -0.385 e. The van der Waals surface area contributed by atoms with Crippen LogP contribution in [0.25, 0.3) is 10.9 Å². The summed E-state index contributed by atoms with van der Waals surface area (Å²) >= 11 is 3.52. The molecule has 3 aromatic rings. The van der Waals surface area contributed by atoms with Gasteiger partial charge in [-0.15, -0.1) is 0 Å². The van der Waals surface area contributed by atoms with Gasteiger partial charge in [0.15, 0.2) is 0 Å². The number of hydrogen-bond acceptors (Lipinski definition) is 1. The smallest absolute Gasteiger partial charge is 0.0940 e. The van der Waals surface area contributed by atoms with Gasteiger partial charge >= 0.3 is 0 Å². The van der Waals surface area contributed by atoms with Crippen molar-refractivity contribution in [2.24, 2.45) is 0 Å². The lowest BCUT2D eigenvalue weighted by Crippen LogP contribution is -2.33. The Morgan fingerprint density at radius 1 is 1.05 bits per heavy atom. The molecule has 4 rings (SSSR count). The molecule has 1 aromatic heterocycles. The number of benzene rings is 2. The first-order chi connectivity index (χ1) is 10.1. The van der Waals surface area contributed by atoms with Crippen LogP contribution in [0.3, 0.4) is 0 Å². The molecule has 2 aromatic carbocycles. The zero-order chi connectivity index (χ0) is 14.4. The highest BCUT2D eigenvalue weighted by molar-refractivity contribution is 9.10. The highest BCUT2D eigenvalue weighted by atomic mass is 79.9. The molecule has 2 N–H and O–H groups in total. The molecule has 3 heteroatoms.